The van der Waals surface area contributed by atoms with Crippen molar-refractivity contribution < 1.29 is 19.4 Å². The van der Waals surface area contributed by atoms with Gasteiger partial charge in [-0.3, -0.25) is 0 Å². The number of rotatable bonds is 5. The van der Waals surface area contributed by atoms with Gasteiger partial charge in [0.25, 0.3) is 5.79 Å². The number of fused-ring (bicyclic) bond motifs is 2. The van der Waals surface area contributed by atoms with Crippen molar-refractivity contribution in [3.8, 4) is 5.75 Å². The van der Waals surface area contributed by atoms with Gasteiger partial charge in [0.15, 0.2) is 0 Å². The fourth-order valence-corrected chi connectivity index (χ4v) is 5.30. The highest BCUT2D eigenvalue weighted by Gasteiger charge is 2.48. The number of aliphatic hydroxyl groups is 1. The van der Waals surface area contributed by atoms with E-state index in [4.69, 9.17) is 9.47 Å². The standard InChI is InChI=1S/C24H16N4O4S2/c1-31-16-6-3-14(4-7-16)22-17(10-13-2-8-19-21(11-13)33-28-25-19)24(30,32-23(22)29)15-5-9-18-20(12-15)27-34-26-18/h2-9,11-12,30H,10H2,1H3. The van der Waals surface area contributed by atoms with Crippen molar-refractivity contribution in [1.82, 2.24) is 18.3 Å². The van der Waals surface area contributed by atoms with Gasteiger partial charge in [-0.2, -0.15) is 8.75 Å². The van der Waals surface area contributed by atoms with Crippen LogP contribution < -0.4 is 4.74 Å². The van der Waals surface area contributed by atoms with E-state index in [9.17, 15) is 9.90 Å². The van der Waals surface area contributed by atoms with E-state index in [1.54, 1.807) is 49.6 Å². The van der Waals surface area contributed by atoms with Gasteiger partial charge in [0.05, 0.1) is 29.1 Å². The van der Waals surface area contributed by atoms with Gasteiger partial charge in [0.2, 0.25) is 0 Å². The molecule has 1 N–H and O–H groups in total. The molecule has 0 bridgehead atoms. The Labute approximate surface area is 201 Å². The summed E-state index contributed by atoms with van der Waals surface area (Å²) >= 11 is 2.38. The monoisotopic (exact) mass is 488 g/mol. The lowest BCUT2D eigenvalue weighted by Gasteiger charge is -2.25. The summed E-state index contributed by atoms with van der Waals surface area (Å²) in [6, 6.07) is 18.1. The molecule has 0 spiro atoms. The van der Waals surface area contributed by atoms with E-state index in [0.717, 1.165) is 27.5 Å². The molecule has 1 aliphatic rings. The van der Waals surface area contributed by atoms with Crippen LogP contribution in [0.1, 0.15) is 16.7 Å². The Morgan fingerprint density at radius 2 is 1.79 bits per heavy atom. The number of esters is 1. The van der Waals surface area contributed by atoms with Crippen LogP contribution in [0.15, 0.2) is 66.2 Å². The summed E-state index contributed by atoms with van der Waals surface area (Å²) in [4.78, 5) is 13.2. The molecular formula is C24H16N4O4S2. The van der Waals surface area contributed by atoms with E-state index in [2.05, 4.69) is 18.3 Å². The van der Waals surface area contributed by atoms with Crippen molar-refractivity contribution in [1.29, 1.82) is 0 Å². The topological polar surface area (TPSA) is 107 Å². The van der Waals surface area contributed by atoms with E-state index in [1.165, 1.54) is 11.5 Å². The van der Waals surface area contributed by atoms with Gasteiger partial charge in [-0.1, -0.05) is 22.7 Å². The molecule has 8 nitrogen and oxygen atoms in total. The molecule has 168 valence electrons. The summed E-state index contributed by atoms with van der Waals surface area (Å²) in [5, 5.41) is 16.0. The van der Waals surface area contributed by atoms with E-state index < -0.39 is 11.8 Å². The minimum absolute atomic E-state index is 0.283. The second-order valence-corrected chi connectivity index (χ2v) is 9.15. The van der Waals surface area contributed by atoms with E-state index in [-0.39, 0.29) is 6.42 Å². The molecule has 0 saturated heterocycles. The highest BCUT2D eigenvalue weighted by molar-refractivity contribution is 7.12. The minimum atomic E-state index is -1.95. The first-order chi connectivity index (χ1) is 16.5. The molecule has 0 radical (unpaired) electrons. The predicted octanol–water partition coefficient (Wildman–Crippen LogP) is 4.10. The first kappa shape index (κ1) is 20.8. The number of carbonyl (C=O) groups excluding carboxylic acids is 1. The minimum Gasteiger partial charge on any atom is -0.497 e. The Morgan fingerprint density at radius 3 is 2.62 bits per heavy atom. The Bertz CT molecular complexity index is 1590. The Kier molecular flexibility index (Phi) is 4.87. The smallest absolute Gasteiger partial charge is 0.341 e. The number of cyclic esters (lactones) is 1. The third-order valence-corrected chi connectivity index (χ3v) is 7.12. The van der Waals surface area contributed by atoms with Crippen LogP contribution in [-0.4, -0.2) is 36.5 Å². The zero-order valence-corrected chi connectivity index (χ0v) is 19.4. The maximum absolute atomic E-state index is 13.2. The third-order valence-electron chi connectivity index (χ3n) is 5.87. The molecule has 0 saturated carbocycles. The van der Waals surface area contributed by atoms with Crippen LogP contribution in [0.2, 0.25) is 0 Å². The molecule has 0 aliphatic carbocycles. The summed E-state index contributed by atoms with van der Waals surface area (Å²) in [7, 11) is 1.58. The quantitative estimate of drug-likeness (QED) is 0.369. The van der Waals surface area contributed by atoms with Crippen LogP contribution in [0.4, 0.5) is 0 Å². The molecule has 0 amide bonds. The molecule has 0 fully saturated rings. The van der Waals surface area contributed by atoms with Crippen LogP contribution in [0.5, 0.6) is 5.75 Å². The van der Waals surface area contributed by atoms with E-state index in [1.807, 2.05) is 18.2 Å². The highest BCUT2D eigenvalue weighted by Crippen LogP contribution is 2.45. The fraction of sp³-hybridized carbons (Fsp3) is 0.125. The molecule has 6 rings (SSSR count). The van der Waals surface area contributed by atoms with Gasteiger partial charge in [0, 0.05) is 17.6 Å². The molecule has 34 heavy (non-hydrogen) atoms. The molecular weight excluding hydrogens is 472 g/mol. The van der Waals surface area contributed by atoms with Crippen LogP contribution in [-0.2, 0) is 21.7 Å². The number of aromatic nitrogens is 4. The van der Waals surface area contributed by atoms with Gasteiger partial charge in [-0.05, 0) is 65.1 Å². The van der Waals surface area contributed by atoms with Gasteiger partial charge in [0.1, 0.15) is 22.3 Å². The summed E-state index contributed by atoms with van der Waals surface area (Å²) in [6.07, 6.45) is 0.283. The first-order valence-corrected chi connectivity index (χ1v) is 11.8. The summed E-state index contributed by atoms with van der Waals surface area (Å²) < 4.78 is 24.3. The Balaban J connectivity index is 1.53. The number of hydrogen-bond donors (Lipinski definition) is 1. The first-order valence-electron chi connectivity index (χ1n) is 10.3. The zero-order chi connectivity index (χ0) is 23.3. The lowest BCUT2D eigenvalue weighted by molar-refractivity contribution is -0.185. The van der Waals surface area contributed by atoms with E-state index >= 15 is 0 Å². The second kappa shape index (κ2) is 7.94. The normalized spacial score (nSPS) is 18.1. The summed E-state index contributed by atoms with van der Waals surface area (Å²) in [6.45, 7) is 0. The van der Waals surface area contributed by atoms with Gasteiger partial charge < -0.3 is 14.6 Å². The van der Waals surface area contributed by atoms with Crippen LogP contribution in [0.3, 0.4) is 0 Å². The van der Waals surface area contributed by atoms with Crippen molar-refractivity contribution in [2.24, 2.45) is 0 Å². The largest absolute Gasteiger partial charge is 0.497 e. The van der Waals surface area contributed by atoms with Crippen molar-refractivity contribution in [2.75, 3.05) is 7.11 Å². The predicted molar refractivity (Wildman–Crippen MR) is 128 cm³/mol. The molecule has 5 aromatic rings. The highest BCUT2D eigenvalue weighted by atomic mass is 32.1. The summed E-state index contributed by atoms with van der Waals surface area (Å²) in [5.41, 5.74) is 4.85. The number of benzene rings is 3. The SMILES string of the molecule is COc1ccc(C2=C(Cc3ccc4nnsc4c3)C(O)(c3ccc4nsnc4c3)OC2=O)cc1. The zero-order valence-electron chi connectivity index (χ0n) is 17.8. The van der Waals surface area contributed by atoms with Crippen molar-refractivity contribution in [3.63, 3.8) is 0 Å². The summed E-state index contributed by atoms with van der Waals surface area (Å²) in [5.74, 6) is -1.89. The lowest BCUT2D eigenvalue weighted by atomic mass is 9.88. The third kappa shape index (κ3) is 3.35. The fourth-order valence-electron chi connectivity index (χ4n) is 4.16. The molecule has 1 aliphatic heterocycles. The van der Waals surface area contributed by atoms with Crippen molar-refractivity contribution in [3.05, 3.63) is 82.9 Å². The van der Waals surface area contributed by atoms with Crippen molar-refractivity contribution in [2.45, 2.75) is 12.2 Å². The van der Waals surface area contributed by atoms with Crippen LogP contribution >= 0.6 is 23.3 Å². The molecule has 1 unspecified atom stereocenters. The molecule has 3 aromatic carbocycles. The average Bonchev–Trinajstić information content (AvgIpc) is 3.57. The molecule has 10 heteroatoms. The van der Waals surface area contributed by atoms with Gasteiger partial charge in [-0.25, -0.2) is 4.79 Å². The number of hydrogen-bond acceptors (Lipinski definition) is 10. The second-order valence-electron chi connectivity index (χ2n) is 7.84. The van der Waals surface area contributed by atoms with Crippen LogP contribution in [0, 0.1) is 0 Å². The maximum Gasteiger partial charge on any atom is 0.341 e. The van der Waals surface area contributed by atoms with Gasteiger partial charge >= 0.3 is 5.97 Å². The number of nitrogens with zero attached hydrogens (tertiary/aromatic N) is 4. The molecule has 3 heterocycles. The molecule has 2 aromatic heterocycles. The number of methoxy groups -OCH3 is 1. The van der Waals surface area contributed by atoms with Crippen molar-refractivity contribution >= 4 is 56.1 Å². The van der Waals surface area contributed by atoms with Gasteiger partial charge in [-0.15, -0.1) is 5.10 Å². The Hall–Kier alpha value is -3.73. The van der Waals surface area contributed by atoms with Crippen LogP contribution in [0.25, 0.3) is 26.8 Å². The Morgan fingerprint density at radius 1 is 1.00 bits per heavy atom. The average molecular weight is 489 g/mol. The number of carbonyl (C=O) groups is 1. The molecule has 1 atom stereocenters. The lowest BCUT2D eigenvalue weighted by Crippen LogP contribution is -2.29. The maximum atomic E-state index is 13.2. The van der Waals surface area contributed by atoms with E-state index in [0.29, 0.717) is 39.1 Å². The number of ether oxygens (including phenoxy) is 2.